The van der Waals surface area contributed by atoms with Crippen molar-refractivity contribution in [1.82, 2.24) is 0 Å². The van der Waals surface area contributed by atoms with E-state index in [4.69, 9.17) is 4.55 Å². The molecule has 0 radical (unpaired) electrons. The van der Waals surface area contributed by atoms with Gasteiger partial charge < -0.3 is 0 Å². The topological polar surface area (TPSA) is 46.5 Å². The van der Waals surface area contributed by atoms with Crippen molar-refractivity contribution in [3.8, 4) is 0 Å². The zero-order valence-corrected chi connectivity index (χ0v) is 5.68. The van der Waals surface area contributed by atoms with Crippen LogP contribution in [0.3, 0.4) is 0 Å². The van der Waals surface area contributed by atoms with Crippen molar-refractivity contribution in [2.45, 2.75) is 0 Å². The second-order valence-electron chi connectivity index (χ2n) is 0.491. The first-order valence-corrected chi connectivity index (χ1v) is 3.85. The molecule has 0 aliphatic rings. The zero-order chi connectivity index (χ0) is 5.21. The van der Waals surface area contributed by atoms with Gasteiger partial charge in [-0.3, -0.25) is 4.55 Å². The van der Waals surface area contributed by atoms with Gasteiger partial charge in [0.1, 0.15) is 16.3 Å². The summed E-state index contributed by atoms with van der Waals surface area (Å²) in [6.45, 7) is 0. The monoisotopic (exact) mass is 192 g/mol. The Balaban J connectivity index is 3.85. The second kappa shape index (κ2) is 2.17. The molecule has 0 aliphatic heterocycles. The second-order valence-corrected chi connectivity index (χ2v) is 3.53. The summed E-state index contributed by atoms with van der Waals surface area (Å²) in [6.07, 6.45) is 0. The minimum absolute atomic E-state index is 2.24. The molecule has 0 aromatic rings. The molecule has 3 nitrogen and oxygen atoms in total. The van der Waals surface area contributed by atoms with Gasteiger partial charge in [0, 0.05) is 11.2 Å². The molecule has 1 atom stereocenters. The maximum absolute atomic E-state index is 9.66. The maximum Gasteiger partial charge on any atom is 0.277 e. The Bertz CT molecular complexity index is 111. The molecule has 1 unspecified atom stereocenters. The van der Waals surface area contributed by atoms with Gasteiger partial charge in [0.2, 0.25) is 0 Å². The molecule has 0 bridgehead atoms. The number of rotatable bonds is 1. The van der Waals surface area contributed by atoms with Gasteiger partial charge in [-0.15, -0.1) is 0 Å². The van der Waals surface area contributed by atoms with Crippen LogP contribution in [0.2, 0.25) is 0 Å². The highest BCUT2D eigenvalue weighted by molar-refractivity contribution is 9.07. The molecule has 0 heterocycles. The molecule has 0 fully saturated rings. The number of halogens is 1. The van der Waals surface area contributed by atoms with Gasteiger partial charge in [-0.25, -0.2) is 0 Å². The molecule has 0 spiro atoms. The standard InChI is InChI=1S/BrHO3S2/c1-4-6(2,3)5/h(H,2,3,5). The molecule has 0 aliphatic carbocycles. The molecule has 38 valence electrons. The van der Waals surface area contributed by atoms with Crippen LogP contribution in [0.5, 0.6) is 0 Å². The molecule has 6 heavy (non-hydrogen) atoms. The first-order valence-electron chi connectivity index (χ1n) is 0.837. The van der Waals surface area contributed by atoms with Crippen LogP contribution >= 0.6 is 16.3 Å². The Labute approximate surface area is 48.8 Å². The minimum Gasteiger partial charge on any atom is -0.284 e. The van der Waals surface area contributed by atoms with Crippen molar-refractivity contribution in [2.24, 2.45) is 0 Å². The predicted octanol–water partition coefficient (Wildman–Crippen LogP) is 0.447. The fraction of sp³-hybridized carbons (Fsp3) is 0. The van der Waals surface area contributed by atoms with E-state index < -0.39 is 9.05 Å². The number of hydrogen-bond acceptors (Lipinski definition) is 3. The minimum atomic E-state index is -3.41. The smallest absolute Gasteiger partial charge is 0.277 e. The lowest BCUT2D eigenvalue weighted by atomic mass is 15.8. The highest BCUT2D eigenvalue weighted by Crippen LogP contribution is 1.91. The summed E-state index contributed by atoms with van der Waals surface area (Å²) in [5.41, 5.74) is 0. The van der Waals surface area contributed by atoms with Gasteiger partial charge in [-0.05, 0) is 0 Å². The Morgan fingerprint density at radius 2 is 2.17 bits per heavy atom. The SMILES string of the molecule is O=S(O)(=S)OBr. The Kier molecular flexibility index (Phi) is 2.45. The van der Waals surface area contributed by atoms with Crippen LogP contribution in [0.25, 0.3) is 0 Å². The van der Waals surface area contributed by atoms with E-state index in [2.05, 4.69) is 30.7 Å². The first-order chi connectivity index (χ1) is 2.56. The van der Waals surface area contributed by atoms with Crippen LogP contribution in [0.1, 0.15) is 0 Å². The van der Waals surface area contributed by atoms with E-state index in [0.29, 0.717) is 0 Å². The van der Waals surface area contributed by atoms with Crippen molar-refractivity contribution in [3.05, 3.63) is 0 Å². The normalized spacial score (nSPS) is 19.7. The summed E-state index contributed by atoms with van der Waals surface area (Å²) in [6, 6.07) is 0. The van der Waals surface area contributed by atoms with Crippen LogP contribution in [0.4, 0.5) is 0 Å². The Hall–Kier alpha value is 0.770. The van der Waals surface area contributed by atoms with Crippen LogP contribution in [-0.2, 0) is 23.5 Å². The third-order valence-electron chi connectivity index (χ3n) is 0.0796. The average Bonchev–Trinajstić information content (AvgIpc) is 1.35. The number of hydrogen-bond donors (Lipinski definition) is 1. The third kappa shape index (κ3) is 4.77. The van der Waals surface area contributed by atoms with Gasteiger partial charge >= 0.3 is 0 Å². The lowest BCUT2D eigenvalue weighted by Gasteiger charge is -1.83. The van der Waals surface area contributed by atoms with Gasteiger partial charge in [-0.1, -0.05) is 0 Å². The van der Waals surface area contributed by atoms with Gasteiger partial charge in [-0.2, -0.15) is 7.48 Å². The van der Waals surface area contributed by atoms with Crippen molar-refractivity contribution in [2.75, 3.05) is 0 Å². The van der Waals surface area contributed by atoms with Gasteiger partial charge in [0.05, 0.1) is 0 Å². The molecule has 0 aromatic carbocycles. The van der Waals surface area contributed by atoms with E-state index in [1.807, 2.05) is 0 Å². The van der Waals surface area contributed by atoms with E-state index in [1.165, 1.54) is 0 Å². The van der Waals surface area contributed by atoms with E-state index in [9.17, 15) is 4.21 Å². The van der Waals surface area contributed by atoms with Crippen LogP contribution in [0.15, 0.2) is 0 Å². The van der Waals surface area contributed by atoms with E-state index in [-0.39, 0.29) is 0 Å². The summed E-state index contributed by atoms with van der Waals surface area (Å²) in [5.74, 6) is 0. The maximum atomic E-state index is 9.66. The molecule has 0 saturated carbocycles. The van der Waals surface area contributed by atoms with Crippen LogP contribution < -0.4 is 0 Å². The van der Waals surface area contributed by atoms with E-state index in [1.54, 1.807) is 0 Å². The highest BCUT2D eigenvalue weighted by atomic mass is 79.9. The van der Waals surface area contributed by atoms with Crippen molar-refractivity contribution in [1.29, 1.82) is 0 Å². The first kappa shape index (κ1) is 6.77. The Morgan fingerprint density at radius 3 is 2.17 bits per heavy atom. The summed E-state index contributed by atoms with van der Waals surface area (Å²) in [5, 5.41) is 0. The molecule has 0 aromatic heterocycles. The molecule has 0 rings (SSSR count). The zero-order valence-electron chi connectivity index (χ0n) is 2.46. The summed E-state index contributed by atoms with van der Waals surface area (Å²) >= 11 is 6.04. The molecule has 0 saturated heterocycles. The molecule has 0 amide bonds. The summed E-state index contributed by atoms with van der Waals surface area (Å²) in [7, 11) is -3.41. The third-order valence-corrected chi connectivity index (χ3v) is 2.04. The average molecular weight is 193 g/mol. The van der Waals surface area contributed by atoms with E-state index >= 15 is 0 Å². The Morgan fingerprint density at radius 1 is 2.00 bits per heavy atom. The largest absolute Gasteiger partial charge is 0.284 e. The predicted molar refractivity (Wildman–Crippen MR) is 28.1 cm³/mol. The van der Waals surface area contributed by atoms with Gasteiger partial charge in [0.15, 0.2) is 0 Å². The molecule has 1 N–H and O–H groups in total. The van der Waals surface area contributed by atoms with Crippen LogP contribution in [-0.4, -0.2) is 8.76 Å². The fourth-order valence-electron chi connectivity index (χ4n) is 0. The summed E-state index contributed by atoms with van der Waals surface area (Å²) < 4.78 is 21.2. The van der Waals surface area contributed by atoms with Gasteiger partial charge in [0.25, 0.3) is 9.05 Å². The fourth-order valence-corrected chi connectivity index (χ4v) is 0. The lowest BCUT2D eigenvalue weighted by Crippen LogP contribution is -1.89. The highest BCUT2D eigenvalue weighted by Gasteiger charge is 1.90. The van der Waals surface area contributed by atoms with Crippen LogP contribution in [0, 0.1) is 0 Å². The molecule has 6 heteroatoms. The molecular weight excluding hydrogens is 192 g/mol. The molecular formula is HBrO3S2. The van der Waals surface area contributed by atoms with E-state index in [0.717, 1.165) is 0 Å². The van der Waals surface area contributed by atoms with Crippen molar-refractivity contribution in [3.63, 3.8) is 0 Å². The van der Waals surface area contributed by atoms with Crippen molar-refractivity contribution >= 4 is 36.5 Å². The van der Waals surface area contributed by atoms with Crippen molar-refractivity contribution < 1.29 is 12.0 Å². The lowest BCUT2D eigenvalue weighted by molar-refractivity contribution is 0.490. The quantitative estimate of drug-likeness (QED) is 0.656. The summed E-state index contributed by atoms with van der Waals surface area (Å²) in [4.78, 5) is 0.